The smallest absolute Gasteiger partial charge is 0.153 e. The molecular weight excluding hydrogens is 312 g/mol. The molecule has 0 saturated heterocycles. The zero-order chi connectivity index (χ0) is 14.1. The minimum atomic E-state index is -0.705. The summed E-state index contributed by atoms with van der Waals surface area (Å²) in [5.41, 5.74) is 0.452. The van der Waals surface area contributed by atoms with Crippen molar-refractivity contribution in [2.45, 2.75) is 25.9 Å². The van der Waals surface area contributed by atoms with E-state index in [4.69, 9.17) is 9.47 Å². The Morgan fingerprint density at radius 2 is 2.21 bits per heavy atom. The van der Waals surface area contributed by atoms with Gasteiger partial charge in [0.1, 0.15) is 18.5 Å². The van der Waals surface area contributed by atoms with E-state index < -0.39 is 6.10 Å². The highest BCUT2D eigenvalue weighted by Crippen LogP contribution is 2.28. The number of ether oxygens (including phenoxy) is 2. The first-order valence-corrected chi connectivity index (χ1v) is 7.10. The normalized spacial score (nSPS) is 12.2. The van der Waals surface area contributed by atoms with Crippen LogP contribution >= 0.6 is 15.9 Å². The largest absolute Gasteiger partial charge is 0.489 e. The van der Waals surface area contributed by atoms with E-state index in [1.807, 2.05) is 0 Å². The molecule has 1 atom stereocenters. The third-order valence-corrected chi connectivity index (χ3v) is 3.12. The first-order valence-electron chi connectivity index (χ1n) is 6.31. The third kappa shape index (κ3) is 5.72. The Hall–Kier alpha value is -0.910. The monoisotopic (exact) mass is 330 g/mol. The predicted molar refractivity (Wildman–Crippen MR) is 76.8 cm³/mol. The molecular formula is C14H19BrO4. The molecule has 0 aliphatic carbocycles. The Morgan fingerprint density at radius 3 is 2.89 bits per heavy atom. The minimum absolute atomic E-state index is 0.0928. The third-order valence-electron chi connectivity index (χ3n) is 2.50. The lowest BCUT2D eigenvalue weighted by atomic mass is 10.2. The van der Waals surface area contributed by atoms with Gasteiger partial charge in [0, 0.05) is 6.61 Å². The summed E-state index contributed by atoms with van der Waals surface area (Å²) < 4.78 is 11.5. The fourth-order valence-corrected chi connectivity index (χ4v) is 1.96. The Labute approximate surface area is 121 Å². The number of benzene rings is 1. The van der Waals surface area contributed by atoms with Gasteiger partial charge in [-0.1, -0.05) is 19.4 Å². The average Bonchev–Trinajstić information content (AvgIpc) is 2.42. The molecule has 0 heterocycles. The highest BCUT2D eigenvalue weighted by molar-refractivity contribution is 9.10. The van der Waals surface area contributed by atoms with Crippen LogP contribution in [0.15, 0.2) is 22.7 Å². The number of aliphatic hydroxyl groups is 1. The van der Waals surface area contributed by atoms with E-state index in [2.05, 4.69) is 22.9 Å². The van der Waals surface area contributed by atoms with Crippen molar-refractivity contribution in [1.82, 2.24) is 0 Å². The van der Waals surface area contributed by atoms with Gasteiger partial charge in [0.2, 0.25) is 0 Å². The molecule has 1 N–H and O–H groups in total. The highest BCUT2D eigenvalue weighted by atomic mass is 79.9. The lowest BCUT2D eigenvalue weighted by molar-refractivity contribution is 0.0110. The zero-order valence-corrected chi connectivity index (χ0v) is 12.6. The number of carbonyl (C=O) groups excluding carboxylic acids is 1. The molecule has 1 unspecified atom stereocenters. The van der Waals surface area contributed by atoms with E-state index in [-0.39, 0.29) is 13.2 Å². The van der Waals surface area contributed by atoms with Crippen molar-refractivity contribution in [3.63, 3.8) is 0 Å². The van der Waals surface area contributed by atoms with Crippen molar-refractivity contribution < 1.29 is 19.4 Å². The van der Waals surface area contributed by atoms with Crippen LogP contribution in [0.2, 0.25) is 0 Å². The summed E-state index contributed by atoms with van der Waals surface area (Å²) >= 11 is 3.31. The van der Waals surface area contributed by atoms with Gasteiger partial charge in [-0.2, -0.15) is 0 Å². The van der Waals surface area contributed by atoms with E-state index >= 15 is 0 Å². The second-order valence-electron chi connectivity index (χ2n) is 4.17. The number of unbranched alkanes of at least 4 members (excludes halogenated alkanes) is 1. The van der Waals surface area contributed by atoms with E-state index in [0.29, 0.717) is 22.4 Å². The molecule has 0 saturated carbocycles. The Morgan fingerprint density at radius 1 is 1.42 bits per heavy atom. The number of para-hydroxylation sites is 1. The van der Waals surface area contributed by atoms with E-state index in [9.17, 15) is 9.90 Å². The van der Waals surface area contributed by atoms with Crippen LogP contribution in [0.1, 0.15) is 30.1 Å². The van der Waals surface area contributed by atoms with Crippen molar-refractivity contribution in [2.24, 2.45) is 0 Å². The van der Waals surface area contributed by atoms with Crippen LogP contribution in [-0.2, 0) is 4.74 Å². The number of hydrogen-bond donors (Lipinski definition) is 1. The van der Waals surface area contributed by atoms with Crippen molar-refractivity contribution in [2.75, 3.05) is 19.8 Å². The Bertz CT molecular complexity index is 395. The van der Waals surface area contributed by atoms with Crippen LogP contribution < -0.4 is 4.74 Å². The number of carbonyl (C=O) groups is 1. The maximum absolute atomic E-state index is 10.9. The van der Waals surface area contributed by atoms with Gasteiger partial charge in [-0.25, -0.2) is 0 Å². The Balaban J connectivity index is 2.41. The highest BCUT2D eigenvalue weighted by Gasteiger charge is 2.11. The van der Waals surface area contributed by atoms with Crippen LogP contribution in [-0.4, -0.2) is 37.3 Å². The van der Waals surface area contributed by atoms with Crippen LogP contribution in [0.5, 0.6) is 5.75 Å². The first-order chi connectivity index (χ1) is 9.19. The number of aliphatic hydroxyl groups excluding tert-OH is 1. The van der Waals surface area contributed by atoms with E-state index in [1.165, 1.54) is 0 Å². The van der Waals surface area contributed by atoms with Gasteiger partial charge in [-0.3, -0.25) is 4.79 Å². The van der Waals surface area contributed by atoms with Crippen LogP contribution in [0.25, 0.3) is 0 Å². The van der Waals surface area contributed by atoms with Crippen molar-refractivity contribution in [1.29, 1.82) is 0 Å². The summed E-state index contributed by atoms with van der Waals surface area (Å²) in [4.78, 5) is 10.9. The van der Waals surface area contributed by atoms with Crippen molar-refractivity contribution in [3.05, 3.63) is 28.2 Å². The number of aldehydes is 1. The molecule has 0 spiro atoms. The summed E-state index contributed by atoms with van der Waals surface area (Å²) in [7, 11) is 0. The molecule has 1 aromatic carbocycles. The standard InChI is InChI=1S/C14H19BrO4/c1-2-3-7-18-9-12(17)10-19-14-11(8-16)5-4-6-13(14)15/h4-6,8,12,17H,2-3,7,9-10H2,1H3. The summed E-state index contributed by atoms with van der Waals surface area (Å²) in [6.45, 7) is 3.05. The summed E-state index contributed by atoms with van der Waals surface area (Å²) in [5.74, 6) is 0.449. The summed E-state index contributed by atoms with van der Waals surface area (Å²) in [6, 6.07) is 5.20. The van der Waals surface area contributed by atoms with Gasteiger partial charge < -0.3 is 14.6 Å². The summed E-state index contributed by atoms with van der Waals surface area (Å²) in [5, 5.41) is 9.71. The van der Waals surface area contributed by atoms with Crippen molar-refractivity contribution >= 4 is 22.2 Å². The number of halogens is 1. The topological polar surface area (TPSA) is 55.8 Å². The molecule has 0 aromatic heterocycles. The fourth-order valence-electron chi connectivity index (χ4n) is 1.46. The predicted octanol–water partition coefficient (Wildman–Crippen LogP) is 2.82. The molecule has 0 aliphatic rings. The lowest BCUT2D eigenvalue weighted by Crippen LogP contribution is -2.24. The minimum Gasteiger partial charge on any atom is -0.489 e. The van der Waals surface area contributed by atoms with Gasteiger partial charge in [-0.15, -0.1) is 0 Å². The molecule has 4 nitrogen and oxygen atoms in total. The number of hydrogen-bond acceptors (Lipinski definition) is 4. The quantitative estimate of drug-likeness (QED) is 0.558. The lowest BCUT2D eigenvalue weighted by Gasteiger charge is -2.14. The van der Waals surface area contributed by atoms with E-state index in [0.717, 1.165) is 19.1 Å². The molecule has 0 aliphatic heterocycles. The van der Waals surface area contributed by atoms with E-state index in [1.54, 1.807) is 18.2 Å². The maximum Gasteiger partial charge on any atom is 0.153 e. The van der Waals surface area contributed by atoms with Crippen LogP contribution in [0, 0.1) is 0 Å². The molecule has 19 heavy (non-hydrogen) atoms. The molecule has 0 fully saturated rings. The van der Waals surface area contributed by atoms with Gasteiger partial charge in [0.25, 0.3) is 0 Å². The average molecular weight is 331 g/mol. The first kappa shape index (κ1) is 16.1. The van der Waals surface area contributed by atoms with Crippen molar-refractivity contribution in [3.8, 4) is 5.75 Å². The van der Waals surface area contributed by atoms with Crippen LogP contribution in [0.3, 0.4) is 0 Å². The second kappa shape index (κ2) is 9.07. The number of rotatable bonds is 9. The molecule has 5 heteroatoms. The van der Waals surface area contributed by atoms with Gasteiger partial charge >= 0.3 is 0 Å². The summed E-state index contributed by atoms with van der Waals surface area (Å²) in [6.07, 6.45) is 2.06. The molecule has 106 valence electrons. The fraction of sp³-hybridized carbons (Fsp3) is 0.500. The molecule has 1 aromatic rings. The molecule has 0 bridgehead atoms. The molecule has 1 rings (SSSR count). The van der Waals surface area contributed by atoms with Gasteiger partial charge in [0.15, 0.2) is 6.29 Å². The molecule has 0 radical (unpaired) electrons. The van der Waals surface area contributed by atoms with Gasteiger partial charge in [-0.05, 0) is 34.5 Å². The zero-order valence-electron chi connectivity index (χ0n) is 11.0. The van der Waals surface area contributed by atoms with Crippen LogP contribution in [0.4, 0.5) is 0 Å². The maximum atomic E-state index is 10.9. The second-order valence-corrected chi connectivity index (χ2v) is 5.02. The Kier molecular flexibility index (Phi) is 7.70. The SMILES string of the molecule is CCCCOCC(O)COc1c(Br)cccc1C=O. The van der Waals surface area contributed by atoms with Gasteiger partial charge in [0.05, 0.1) is 16.6 Å². The molecule has 0 amide bonds.